The average molecular weight is 409 g/mol. The third-order valence-electron chi connectivity index (χ3n) is 4.17. The number of likely N-dealkylation sites (N-methyl/N-ethyl adjacent to an activating group) is 1. The molecule has 0 N–H and O–H groups in total. The van der Waals surface area contributed by atoms with Crippen LogP contribution in [0.2, 0.25) is 0 Å². The van der Waals surface area contributed by atoms with Crippen LogP contribution in [0.25, 0.3) is 0 Å². The fraction of sp³-hybridized carbons (Fsp3) is 0.588. The standard InChI is InChI=1S/C17H22F3NO5S/c1-4-25-16(22)5-11(2)12-6-13(17(18,19)20)8-15(7-12)27(23,24)21(3)9-14-10-26-14/h6-8,11,14H,4-5,9-10H2,1-3H3. The van der Waals surface area contributed by atoms with Crippen molar-refractivity contribution < 1.29 is 35.9 Å². The highest BCUT2D eigenvalue weighted by Gasteiger charge is 2.35. The third-order valence-corrected chi connectivity index (χ3v) is 5.98. The number of benzene rings is 1. The lowest BCUT2D eigenvalue weighted by molar-refractivity contribution is -0.143. The van der Waals surface area contributed by atoms with Crippen molar-refractivity contribution in [2.24, 2.45) is 0 Å². The molecule has 6 nitrogen and oxygen atoms in total. The highest BCUT2D eigenvalue weighted by Crippen LogP contribution is 2.35. The number of sulfonamides is 1. The summed E-state index contributed by atoms with van der Waals surface area (Å²) in [5, 5.41) is 0. The van der Waals surface area contributed by atoms with Gasteiger partial charge in [0.05, 0.1) is 36.2 Å². The topological polar surface area (TPSA) is 76.2 Å². The van der Waals surface area contributed by atoms with Gasteiger partial charge in [-0.05, 0) is 36.6 Å². The molecule has 2 unspecified atom stereocenters. The van der Waals surface area contributed by atoms with Gasteiger partial charge in [-0.25, -0.2) is 8.42 Å². The minimum absolute atomic E-state index is 0.0618. The van der Waals surface area contributed by atoms with Crippen LogP contribution < -0.4 is 0 Å². The number of esters is 1. The predicted molar refractivity (Wildman–Crippen MR) is 90.7 cm³/mol. The molecule has 2 rings (SSSR count). The summed E-state index contributed by atoms with van der Waals surface area (Å²) in [5.74, 6) is -1.20. The maximum Gasteiger partial charge on any atom is 0.416 e. The molecule has 1 aliphatic heterocycles. The predicted octanol–water partition coefficient (Wildman–Crippen LogP) is 2.78. The first kappa shape index (κ1) is 21.6. The number of hydrogen-bond donors (Lipinski definition) is 0. The van der Waals surface area contributed by atoms with Crippen LogP contribution in [0.1, 0.15) is 37.3 Å². The van der Waals surface area contributed by atoms with Gasteiger partial charge in [0.15, 0.2) is 0 Å². The summed E-state index contributed by atoms with van der Waals surface area (Å²) >= 11 is 0. The summed E-state index contributed by atoms with van der Waals surface area (Å²) in [7, 11) is -2.84. The number of carbonyl (C=O) groups excluding carboxylic acids is 1. The van der Waals surface area contributed by atoms with Crippen LogP contribution in [0.3, 0.4) is 0 Å². The maximum atomic E-state index is 13.3. The molecule has 1 saturated heterocycles. The summed E-state index contributed by atoms with van der Waals surface area (Å²) in [6.45, 7) is 3.81. The number of nitrogens with zero attached hydrogens (tertiary/aromatic N) is 1. The van der Waals surface area contributed by atoms with Crippen LogP contribution in [0, 0.1) is 0 Å². The third kappa shape index (κ3) is 5.66. The van der Waals surface area contributed by atoms with E-state index in [0.29, 0.717) is 12.7 Å². The Bertz CT molecular complexity index is 790. The second kappa shape index (κ2) is 8.15. The van der Waals surface area contributed by atoms with E-state index >= 15 is 0 Å². The quantitative estimate of drug-likeness (QED) is 0.488. The number of halogens is 3. The van der Waals surface area contributed by atoms with Crippen molar-refractivity contribution >= 4 is 16.0 Å². The monoisotopic (exact) mass is 409 g/mol. The number of alkyl halides is 3. The highest BCUT2D eigenvalue weighted by molar-refractivity contribution is 7.89. The van der Waals surface area contributed by atoms with E-state index in [9.17, 15) is 26.4 Å². The van der Waals surface area contributed by atoms with Crippen LogP contribution in [-0.2, 0) is 30.5 Å². The van der Waals surface area contributed by atoms with Crippen molar-refractivity contribution in [2.75, 3.05) is 26.8 Å². The van der Waals surface area contributed by atoms with Gasteiger partial charge in [0.1, 0.15) is 0 Å². The van der Waals surface area contributed by atoms with Gasteiger partial charge >= 0.3 is 12.1 Å². The van der Waals surface area contributed by atoms with Crippen molar-refractivity contribution in [1.29, 1.82) is 0 Å². The smallest absolute Gasteiger partial charge is 0.416 e. The average Bonchev–Trinajstić information content (AvgIpc) is 3.37. The van der Waals surface area contributed by atoms with Crippen molar-refractivity contribution in [1.82, 2.24) is 4.31 Å². The van der Waals surface area contributed by atoms with E-state index in [4.69, 9.17) is 9.47 Å². The highest BCUT2D eigenvalue weighted by atomic mass is 32.2. The molecular weight excluding hydrogens is 387 g/mol. The molecule has 0 aromatic heterocycles. The fourth-order valence-corrected chi connectivity index (χ4v) is 3.83. The Hall–Kier alpha value is -1.65. The Morgan fingerprint density at radius 2 is 2.00 bits per heavy atom. The van der Waals surface area contributed by atoms with Crippen LogP contribution in [0.15, 0.2) is 23.1 Å². The van der Waals surface area contributed by atoms with Gasteiger partial charge in [-0.15, -0.1) is 0 Å². The minimum atomic E-state index is -4.72. The van der Waals surface area contributed by atoms with Crippen molar-refractivity contribution in [3.8, 4) is 0 Å². The zero-order valence-electron chi connectivity index (χ0n) is 15.2. The zero-order valence-corrected chi connectivity index (χ0v) is 16.1. The minimum Gasteiger partial charge on any atom is -0.466 e. The first-order valence-corrected chi connectivity index (χ1v) is 9.85. The Kier molecular flexibility index (Phi) is 6.54. The normalized spacial score (nSPS) is 18.4. The molecule has 1 fully saturated rings. The van der Waals surface area contributed by atoms with E-state index in [1.165, 1.54) is 13.1 Å². The molecule has 2 atom stereocenters. The molecule has 0 radical (unpaired) electrons. The van der Waals surface area contributed by atoms with Crippen LogP contribution in [0.5, 0.6) is 0 Å². The van der Waals surface area contributed by atoms with Crippen LogP contribution >= 0.6 is 0 Å². The zero-order chi connectivity index (χ0) is 20.4. The molecule has 1 aromatic rings. The van der Waals surface area contributed by atoms with Crippen molar-refractivity contribution in [3.05, 3.63) is 29.3 Å². The molecule has 1 aliphatic rings. The Morgan fingerprint density at radius 1 is 1.37 bits per heavy atom. The number of ether oxygens (including phenoxy) is 2. The van der Waals surface area contributed by atoms with Crippen LogP contribution in [-0.4, -0.2) is 51.6 Å². The number of epoxide rings is 1. The lowest BCUT2D eigenvalue weighted by Crippen LogP contribution is -2.31. The number of carbonyl (C=O) groups is 1. The van der Waals surface area contributed by atoms with Gasteiger partial charge in [-0.1, -0.05) is 6.92 Å². The van der Waals surface area contributed by atoms with Gasteiger partial charge in [-0.2, -0.15) is 17.5 Å². The lowest BCUT2D eigenvalue weighted by Gasteiger charge is -2.20. The van der Waals surface area contributed by atoms with Crippen molar-refractivity contribution in [2.45, 2.75) is 43.4 Å². The molecule has 0 aliphatic carbocycles. The molecule has 152 valence electrons. The first-order chi connectivity index (χ1) is 12.4. The molecule has 0 spiro atoms. The van der Waals surface area contributed by atoms with E-state index in [0.717, 1.165) is 10.4 Å². The molecular formula is C17H22F3NO5S. The molecule has 0 bridgehead atoms. The second-order valence-corrected chi connectivity index (χ2v) is 8.48. The number of hydrogen-bond acceptors (Lipinski definition) is 5. The largest absolute Gasteiger partial charge is 0.466 e. The van der Waals surface area contributed by atoms with Crippen molar-refractivity contribution in [3.63, 3.8) is 0 Å². The van der Waals surface area contributed by atoms with Crippen LogP contribution in [0.4, 0.5) is 13.2 Å². The van der Waals surface area contributed by atoms with E-state index in [1.807, 2.05) is 0 Å². The summed E-state index contributed by atoms with van der Waals surface area (Å²) in [4.78, 5) is 11.2. The van der Waals surface area contributed by atoms with E-state index < -0.39 is 38.5 Å². The Labute approximate surface area is 156 Å². The first-order valence-electron chi connectivity index (χ1n) is 8.41. The second-order valence-electron chi connectivity index (χ2n) is 6.44. The summed E-state index contributed by atoms with van der Waals surface area (Å²) < 4.78 is 76.0. The van der Waals surface area contributed by atoms with Gasteiger partial charge in [0, 0.05) is 13.6 Å². The molecule has 1 aromatic carbocycles. The molecule has 0 saturated carbocycles. The summed E-state index contributed by atoms with van der Waals surface area (Å²) in [6, 6.07) is 2.66. The summed E-state index contributed by atoms with van der Waals surface area (Å²) in [5.41, 5.74) is -0.974. The lowest BCUT2D eigenvalue weighted by atomic mass is 9.96. The van der Waals surface area contributed by atoms with Gasteiger partial charge in [0.25, 0.3) is 0 Å². The Balaban J connectivity index is 2.40. The van der Waals surface area contributed by atoms with E-state index in [-0.39, 0.29) is 31.2 Å². The van der Waals surface area contributed by atoms with Gasteiger partial charge < -0.3 is 9.47 Å². The fourth-order valence-electron chi connectivity index (χ4n) is 2.55. The van der Waals surface area contributed by atoms with Gasteiger partial charge in [0.2, 0.25) is 10.0 Å². The Morgan fingerprint density at radius 3 is 2.52 bits per heavy atom. The van der Waals surface area contributed by atoms with Gasteiger partial charge in [-0.3, -0.25) is 4.79 Å². The van der Waals surface area contributed by atoms with E-state index in [2.05, 4.69) is 0 Å². The molecule has 1 heterocycles. The SMILES string of the molecule is CCOC(=O)CC(C)c1cc(C(F)(F)F)cc(S(=O)(=O)N(C)CC2CO2)c1. The summed E-state index contributed by atoms with van der Waals surface area (Å²) in [6.07, 6.45) is -5.11. The van der Waals surface area contributed by atoms with E-state index in [1.54, 1.807) is 13.8 Å². The molecule has 27 heavy (non-hydrogen) atoms. The number of rotatable bonds is 8. The molecule has 0 amide bonds. The molecule has 10 heteroatoms. The maximum absolute atomic E-state index is 13.3.